The molecule has 0 atom stereocenters. The van der Waals surface area contributed by atoms with Gasteiger partial charge in [0.25, 0.3) is 0 Å². The molecule has 0 radical (unpaired) electrons. The molecule has 2 aromatic rings. The van der Waals surface area contributed by atoms with Gasteiger partial charge in [-0.3, -0.25) is 4.79 Å². The van der Waals surface area contributed by atoms with Crippen molar-refractivity contribution in [1.82, 2.24) is 15.5 Å². The van der Waals surface area contributed by atoms with Crippen LogP contribution in [0, 0.1) is 0 Å². The predicted molar refractivity (Wildman–Crippen MR) is 71.3 cm³/mol. The number of amides is 1. The van der Waals surface area contributed by atoms with Crippen LogP contribution in [-0.2, 0) is 11.2 Å². The number of aromatic nitrogens is 2. The van der Waals surface area contributed by atoms with Crippen LogP contribution in [0.1, 0.15) is 25.7 Å². The Morgan fingerprint density at radius 2 is 2.32 bits per heavy atom. The van der Waals surface area contributed by atoms with Gasteiger partial charge in [-0.25, -0.2) is 0 Å². The number of halogens is 1. The van der Waals surface area contributed by atoms with Crippen molar-refractivity contribution in [2.45, 2.75) is 26.2 Å². The number of aryl methyl sites for hydroxylation is 1. The van der Waals surface area contributed by atoms with Gasteiger partial charge in [-0.1, -0.05) is 5.16 Å². The summed E-state index contributed by atoms with van der Waals surface area (Å²) in [6.45, 7) is 2.54. The molecule has 1 N–H and O–H groups in total. The molecule has 2 rings (SSSR count). The first-order valence-corrected chi connectivity index (χ1v) is 6.83. The fourth-order valence-electron chi connectivity index (χ4n) is 1.58. The number of rotatable bonds is 6. The summed E-state index contributed by atoms with van der Waals surface area (Å²) in [4.78, 5) is 15.5. The maximum atomic E-state index is 11.3. The smallest absolute Gasteiger partial charge is 0.238 e. The van der Waals surface area contributed by atoms with E-state index in [1.165, 1.54) is 0 Å². The first-order valence-electron chi connectivity index (χ1n) is 6.04. The van der Waals surface area contributed by atoms with Crippen LogP contribution in [0.3, 0.4) is 0 Å². The van der Waals surface area contributed by atoms with Crippen molar-refractivity contribution >= 4 is 21.8 Å². The Morgan fingerprint density at radius 1 is 1.47 bits per heavy atom. The van der Waals surface area contributed by atoms with Crippen LogP contribution in [0.2, 0.25) is 0 Å². The van der Waals surface area contributed by atoms with Crippen molar-refractivity contribution in [1.29, 1.82) is 0 Å². The van der Waals surface area contributed by atoms with Crippen molar-refractivity contribution in [3.8, 4) is 11.6 Å². The Hall–Kier alpha value is -1.63. The quantitative estimate of drug-likeness (QED) is 0.881. The van der Waals surface area contributed by atoms with Gasteiger partial charge >= 0.3 is 0 Å². The molecule has 0 aliphatic rings. The molecule has 0 spiro atoms. The highest BCUT2D eigenvalue weighted by Gasteiger charge is 2.12. The van der Waals surface area contributed by atoms with Crippen molar-refractivity contribution in [3.63, 3.8) is 0 Å². The van der Waals surface area contributed by atoms with E-state index in [0.717, 1.165) is 0 Å². The van der Waals surface area contributed by atoms with E-state index in [1.54, 1.807) is 12.1 Å². The number of carbonyl (C=O) groups excluding carboxylic acids is 1. The first-order chi connectivity index (χ1) is 9.19. The Balaban J connectivity index is 1.86. The number of hydrogen-bond donors (Lipinski definition) is 1. The largest absolute Gasteiger partial charge is 0.446 e. The lowest BCUT2D eigenvalue weighted by molar-refractivity contribution is -0.121. The van der Waals surface area contributed by atoms with Gasteiger partial charge in [0.1, 0.15) is 0 Å². The average molecular weight is 328 g/mol. The van der Waals surface area contributed by atoms with Crippen molar-refractivity contribution in [2.24, 2.45) is 0 Å². The minimum absolute atomic E-state index is 0.0391. The third kappa shape index (κ3) is 3.92. The van der Waals surface area contributed by atoms with E-state index in [9.17, 15) is 4.79 Å². The number of furan rings is 1. The number of nitrogens with zero attached hydrogens (tertiary/aromatic N) is 2. The molecule has 0 aliphatic carbocycles. The highest BCUT2D eigenvalue weighted by molar-refractivity contribution is 9.10. The van der Waals surface area contributed by atoms with E-state index in [-0.39, 0.29) is 5.91 Å². The normalized spacial score (nSPS) is 10.6. The molecule has 102 valence electrons. The lowest BCUT2D eigenvalue weighted by atomic mass is 10.2. The van der Waals surface area contributed by atoms with Gasteiger partial charge in [0.2, 0.25) is 17.6 Å². The average Bonchev–Trinajstić information content (AvgIpc) is 2.98. The zero-order valence-electron chi connectivity index (χ0n) is 10.5. The summed E-state index contributed by atoms with van der Waals surface area (Å²) in [5.41, 5.74) is 0. The zero-order chi connectivity index (χ0) is 13.7. The molecule has 2 aromatic heterocycles. The monoisotopic (exact) mass is 327 g/mol. The van der Waals surface area contributed by atoms with Crippen LogP contribution in [-0.4, -0.2) is 22.6 Å². The maximum absolute atomic E-state index is 11.3. The summed E-state index contributed by atoms with van der Waals surface area (Å²) < 4.78 is 11.0. The van der Waals surface area contributed by atoms with Gasteiger partial charge in [0.05, 0.1) is 0 Å². The lowest BCUT2D eigenvalue weighted by Crippen LogP contribution is -2.22. The molecule has 0 saturated heterocycles. The maximum Gasteiger partial charge on any atom is 0.238 e. The molecule has 0 bridgehead atoms. The fourth-order valence-corrected chi connectivity index (χ4v) is 1.88. The molecular weight excluding hydrogens is 314 g/mol. The van der Waals surface area contributed by atoms with Crippen LogP contribution < -0.4 is 5.32 Å². The summed E-state index contributed by atoms with van der Waals surface area (Å²) >= 11 is 3.21. The fraction of sp³-hybridized carbons (Fsp3) is 0.417. The number of carbonyl (C=O) groups is 1. The molecule has 19 heavy (non-hydrogen) atoms. The Morgan fingerprint density at radius 3 is 3.00 bits per heavy atom. The SMILES string of the molecule is CCNC(=O)CCCc1nc(-c2ccc(Br)o2)no1. The van der Waals surface area contributed by atoms with Crippen molar-refractivity contribution < 1.29 is 13.7 Å². The molecule has 0 aromatic carbocycles. The van der Waals surface area contributed by atoms with Crippen LogP contribution in [0.4, 0.5) is 0 Å². The summed E-state index contributed by atoms with van der Waals surface area (Å²) in [5.74, 6) is 1.51. The van der Waals surface area contributed by atoms with Crippen LogP contribution >= 0.6 is 15.9 Å². The molecule has 0 saturated carbocycles. The predicted octanol–water partition coefficient (Wildman–Crippen LogP) is 2.55. The van der Waals surface area contributed by atoms with E-state index in [1.807, 2.05) is 6.92 Å². The number of nitrogens with one attached hydrogen (secondary N) is 1. The minimum atomic E-state index is 0.0391. The van der Waals surface area contributed by atoms with E-state index in [0.29, 0.717) is 48.0 Å². The summed E-state index contributed by atoms with van der Waals surface area (Å²) in [6, 6.07) is 3.52. The summed E-state index contributed by atoms with van der Waals surface area (Å²) in [7, 11) is 0. The van der Waals surface area contributed by atoms with Gasteiger partial charge in [0.15, 0.2) is 10.4 Å². The minimum Gasteiger partial charge on any atom is -0.446 e. The molecule has 2 heterocycles. The lowest BCUT2D eigenvalue weighted by Gasteiger charge is -1.99. The third-order valence-electron chi connectivity index (χ3n) is 2.43. The topological polar surface area (TPSA) is 81.2 Å². The number of hydrogen-bond acceptors (Lipinski definition) is 5. The highest BCUT2D eigenvalue weighted by atomic mass is 79.9. The Labute approximate surface area is 118 Å². The zero-order valence-corrected chi connectivity index (χ0v) is 12.1. The van der Waals surface area contributed by atoms with Gasteiger partial charge in [0, 0.05) is 19.4 Å². The molecule has 0 unspecified atom stereocenters. The summed E-state index contributed by atoms with van der Waals surface area (Å²) in [6.07, 6.45) is 1.71. The molecular formula is C12H14BrN3O3. The molecule has 0 aliphatic heterocycles. The Kier molecular flexibility index (Phi) is 4.73. The second kappa shape index (κ2) is 6.51. The first kappa shape index (κ1) is 13.8. The van der Waals surface area contributed by atoms with Gasteiger partial charge in [-0.2, -0.15) is 4.98 Å². The molecule has 0 fully saturated rings. The van der Waals surface area contributed by atoms with E-state index < -0.39 is 0 Å². The van der Waals surface area contributed by atoms with Gasteiger partial charge in [-0.05, 0) is 41.4 Å². The molecule has 1 amide bonds. The van der Waals surface area contributed by atoms with Crippen LogP contribution in [0.15, 0.2) is 25.7 Å². The highest BCUT2D eigenvalue weighted by Crippen LogP contribution is 2.22. The van der Waals surface area contributed by atoms with Crippen LogP contribution in [0.5, 0.6) is 0 Å². The Bertz CT molecular complexity index is 550. The van der Waals surface area contributed by atoms with Crippen molar-refractivity contribution in [2.75, 3.05) is 6.54 Å². The van der Waals surface area contributed by atoms with Crippen molar-refractivity contribution in [3.05, 3.63) is 22.7 Å². The van der Waals surface area contributed by atoms with Gasteiger partial charge < -0.3 is 14.3 Å². The molecule has 6 nitrogen and oxygen atoms in total. The second-order valence-corrected chi connectivity index (χ2v) is 4.70. The van der Waals surface area contributed by atoms with E-state index in [2.05, 4.69) is 31.4 Å². The molecule has 7 heteroatoms. The van der Waals surface area contributed by atoms with Crippen LogP contribution in [0.25, 0.3) is 11.6 Å². The van der Waals surface area contributed by atoms with Gasteiger partial charge in [-0.15, -0.1) is 0 Å². The second-order valence-electron chi connectivity index (χ2n) is 3.92. The standard InChI is InChI=1S/C12H14BrN3O3/c1-2-14-10(17)4-3-5-11-15-12(16-19-11)8-6-7-9(13)18-8/h6-7H,2-5H2,1H3,(H,14,17). The van der Waals surface area contributed by atoms with E-state index >= 15 is 0 Å². The summed E-state index contributed by atoms with van der Waals surface area (Å²) in [5, 5.41) is 6.57. The van der Waals surface area contributed by atoms with E-state index in [4.69, 9.17) is 8.94 Å². The third-order valence-corrected chi connectivity index (χ3v) is 2.86.